The van der Waals surface area contributed by atoms with Crippen LogP contribution in [-0.4, -0.2) is 28.9 Å². The largest absolute Gasteiger partial charge is 0.352 e. The minimum Gasteiger partial charge on any atom is -0.352 e. The zero-order chi connectivity index (χ0) is 18.2. The van der Waals surface area contributed by atoms with Crippen LogP contribution in [0.4, 0.5) is 0 Å². The van der Waals surface area contributed by atoms with Gasteiger partial charge in [0.15, 0.2) is 0 Å². The Morgan fingerprint density at radius 3 is 2.48 bits per heavy atom. The molecule has 1 aromatic heterocycles. The van der Waals surface area contributed by atoms with Gasteiger partial charge in [-0.3, -0.25) is 9.59 Å². The number of aromatic nitrogens is 1. The molecule has 0 aliphatic heterocycles. The van der Waals surface area contributed by atoms with Crippen molar-refractivity contribution >= 4 is 23.6 Å². The lowest BCUT2D eigenvalue weighted by Crippen LogP contribution is -2.47. The maximum Gasteiger partial charge on any atom is 0.254 e. The molecule has 1 heterocycles. The Labute approximate surface area is 152 Å². The summed E-state index contributed by atoms with van der Waals surface area (Å²) in [6.07, 6.45) is 2.49. The van der Waals surface area contributed by atoms with E-state index in [1.807, 2.05) is 44.2 Å². The molecule has 2 N–H and O–H groups in total. The predicted molar refractivity (Wildman–Crippen MR) is 99.6 cm³/mol. The molecule has 1 aromatic carbocycles. The van der Waals surface area contributed by atoms with E-state index in [2.05, 4.69) is 15.6 Å². The van der Waals surface area contributed by atoms with Crippen molar-refractivity contribution in [2.24, 2.45) is 0 Å². The normalized spacial score (nSPS) is 12.9. The lowest BCUT2D eigenvalue weighted by molar-refractivity contribution is -0.123. The van der Waals surface area contributed by atoms with Crippen LogP contribution in [0.1, 0.15) is 37.6 Å². The Kier molecular flexibility index (Phi) is 7.01. The SMILES string of the molecule is CCC(C)NC(=O)C(C)NC(=O)c1cccnc1Sc1ccccc1. The molecular weight excluding hydrogens is 334 g/mol. The second-order valence-electron chi connectivity index (χ2n) is 5.78. The quantitative estimate of drug-likeness (QED) is 0.798. The van der Waals surface area contributed by atoms with Crippen molar-refractivity contribution in [3.05, 3.63) is 54.2 Å². The lowest BCUT2D eigenvalue weighted by atomic mass is 10.2. The van der Waals surface area contributed by atoms with Crippen LogP contribution < -0.4 is 10.6 Å². The summed E-state index contributed by atoms with van der Waals surface area (Å²) in [5, 5.41) is 6.23. The molecule has 0 radical (unpaired) electrons. The molecule has 0 saturated heterocycles. The van der Waals surface area contributed by atoms with Crippen LogP contribution in [0, 0.1) is 0 Å². The van der Waals surface area contributed by atoms with Gasteiger partial charge in [-0.05, 0) is 44.5 Å². The van der Waals surface area contributed by atoms with E-state index >= 15 is 0 Å². The molecule has 2 atom stereocenters. The molecule has 2 rings (SSSR count). The van der Waals surface area contributed by atoms with Crippen molar-refractivity contribution in [3.8, 4) is 0 Å². The van der Waals surface area contributed by atoms with Crippen LogP contribution in [-0.2, 0) is 4.79 Å². The van der Waals surface area contributed by atoms with Crippen LogP contribution in [0.15, 0.2) is 58.6 Å². The zero-order valence-corrected chi connectivity index (χ0v) is 15.5. The third-order valence-corrected chi connectivity index (χ3v) is 4.74. The van der Waals surface area contributed by atoms with Gasteiger partial charge in [-0.25, -0.2) is 4.98 Å². The molecular formula is C19H23N3O2S. The van der Waals surface area contributed by atoms with Crippen molar-refractivity contribution in [1.29, 1.82) is 0 Å². The van der Waals surface area contributed by atoms with E-state index in [0.29, 0.717) is 10.6 Å². The molecule has 0 spiro atoms. The van der Waals surface area contributed by atoms with Crippen LogP contribution in [0.5, 0.6) is 0 Å². The van der Waals surface area contributed by atoms with E-state index in [1.54, 1.807) is 25.3 Å². The molecule has 0 saturated carbocycles. The van der Waals surface area contributed by atoms with Crippen molar-refractivity contribution in [3.63, 3.8) is 0 Å². The number of amides is 2. The molecule has 0 aliphatic carbocycles. The second-order valence-corrected chi connectivity index (χ2v) is 6.85. The Balaban J connectivity index is 2.08. The molecule has 5 nitrogen and oxygen atoms in total. The van der Waals surface area contributed by atoms with Gasteiger partial charge in [0.1, 0.15) is 11.1 Å². The highest BCUT2D eigenvalue weighted by Crippen LogP contribution is 2.28. The van der Waals surface area contributed by atoms with Crippen LogP contribution in [0.25, 0.3) is 0 Å². The van der Waals surface area contributed by atoms with Gasteiger partial charge < -0.3 is 10.6 Å². The summed E-state index contributed by atoms with van der Waals surface area (Å²) in [6.45, 7) is 5.61. The maximum atomic E-state index is 12.6. The van der Waals surface area contributed by atoms with Gasteiger partial charge in [0.25, 0.3) is 5.91 Å². The van der Waals surface area contributed by atoms with Gasteiger partial charge in [0.05, 0.1) is 5.56 Å². The molecule has 2 amide bonds. The van der Waals surface area contributed by atoms with Gasteiger partial charge in [-0.15, -0.1) is 0 Å². The minimum atomic E-state index is -0.615. The molecule has 6 heteroatoms. The first-order chi connectivity index (χ1) is 12.0. The van der Waals surface area contributed by atoms with E-state index in [1.165, 1.54) is 11.8 Å². The standard InChI is InChI=1S/C19H23N3O2S/c1-4-13(2)21-17(23)14(3)22-18(24)16-11-8-12-20-19(16)25-15-9-6-5-7-10-15/h5-14H,4H2,1-3H3,(H,21,23)(H,22,24). The van der Waals surface area contributed by atoms with E-state index in [0.717, 1.165) is 11.3 Å². The summed E-state index contributed by atoms with van der Waals surface area (Å²) in [5.41, 5.74) is 0.458. The van der Waals surface area contributed by atoms with Gasteiger partial charge in [0.2, 0.25) is 5.91 Å². The van der Waals surface area contributed by atoms with Crippen molar-refractivity contribution < 1.29 is 9.59 Å². The smallest absolute Gasteiger partial charge is 0.254 e. The Hall–Kier alpha value is -2.34. The third kappa shape index (κ3) is 5.60. The van der Waals surface area contributed by atoms with E-state index in [-0.39, 0.29) is 17.9 Å². The summed E-state index contributed by atoms with van der Waals surface area (Å²) in [6, 6.07) is 12.6. The van der Waals surface area contributed by atoms with Gasteiger partial charge in [-0.2, -0.15) is 0 Å². The monoisotopic (exact) mass is 357 g/mol. The number of pyridine rings is 1. The predicted octanol–water partition coefficient (Wildman–Crippen LogP) is 3.27. The fraction of sp³-hybridized carbons (Fsp3) is 0.316. The van der Waals surface area contributed by atoms with E-state index in [9.17, 15) is 9.59 Å². The van der Waals surface area contributed by atoms with Crippen LogP contribution in [0.2, 0.25) is 0 Å². The number of benzene rings is 1. The molecule has 25 heavy (non-hydrogen) atoms. The molecule has 2 unspecified atom stereocenters. The molecule has 2 aromatic rings. The first kappa shape index (κ1) is 19.0. The van der Waals surface area contributed by atoms with Crippen molar-refractivity contribution in [1.82, 2.24) is 15.6 Å². The Morgan fingerprint density at radius 2 is 1.80 bits per heavy atom. The summed E-state index contributed by atoms with van der Waals surface area (Å²) in [5.74, 6) is -0.498. The molecule has 0 fully saturated rings. The fourth-order valence-electron chi connectivity index (χ4n) is 2.05. The molecule has 132 valence electrons. The second kappa shape index (κ2) is 9.22. The molecule has 0 aliphatic rings. The topological polar surface area (TPSA) is 71.1 Å². The third-order valence-electron chi connectivity index (χ3n) is 3.72. The maximum absolute atomic E-state index is 12.6. The zero-order valence-electron chi connectivity index (χ0n) is 14.7. The number of hydrogen-bond donors (Lipinski definition) is 2. The average Bonchev–Trinajstić information content (AvgIpc) is 2.62. The Bertz CT molecular complexity index is 722. The number of carbonyl (C=O) groups is 2. The van der Waals surface area contributed by atoms with Crippen molar-refractivity contribution in [2.75, 3.05) is 0 Å². The number of carbonyl (C=O) groups excluding carboxylic acids is 2. The van der Waals surface area contributed by atoms with Gasteiger partial charge in [-0.1, -0.05) is 36.9 Å². The Morgan fingerprint density at radius 1 is 1.08 bits per heavy atom. The van der Waals surface area contributed by atoms with Crippen LogP contribution in [0.3, 0.4) is 0 Å². The first-order valence-corrected chi connectivity index (χ1v) is 9.12. The van der Waals surface area contributed by atoms with E-state index in [4.69, 9.17) is 0 Å². The van der Waals surface area contributed by atoms with E-state index < -0.39 is 6.04 Å². The lowest BCUT2D eigenvalue weighted by Gasteiger charge is -2.18. The first-order valence-electron chi connectivity index (χ1n) is 8.30. The molecule has 0 bridgehead atoms. The van der Waals surface area contributed by atoms with Crippen molar-refractivity contribution in [2.45, 2.75) is 49.2 Å². The minimum absolute atomic E-state index is 0.0782. The summed E-state index contributed by atoms with van der Waals surface area (Å²) in [4.78, 5) is 30.0. The summed E-state index contributed by atoms with van der Waals surface area (Å²) in [7, 11) is 0. The number of rotatable bonds is 7. The number of nitrogens with one attached hydrogen (secondary N) is 2. The summed E-state index contributed by atoms with van der Waals surface area (Å²) < 4.78 is 0. The fourth-order valence-corrected chi connectivity index (χ4v) is 2.96. The van der Waals surface area contributed by atoms with Gasteiger partial charge >= 0.3 is 0 Å². The number of hydrogen-bond acceptors (Lipinski definition) is 4. The number of nitrogens with zero attached hydrogens (tertiary/aromatic N) is 1. The average molecular weight is 357 g/mol. The highest BCUT2D eigenvalue weighted by atomic mass is 32.2. The summed E-state index contributed by atoms with van der Waals surface area (Å²) >= 11 is 1.42. The van der Waals surface area contributed by atoms with Crippen LogP contribution >= 0.6 is 11.8 Å². The highest BCUT2D eigenvalue weighted by Gasteiger charge is 2.20. The highest BCUT2D eigenvalue weighted by molar-refractivity contribution is 7.99. The van der Waals surface area contributed by atoms with Gasteiger partial charge in [0, 0.05) is 17.1 Å².